The van der Waals surface area contributed by atoms with Crippen LogP contribution in [0.1, 0.15) is 12.8 Å². The second kappa shape index (κ2) is 7.17. The van der Waals surface area contributed by atoms with E-state index < -0.39 is 11.9 Å². The molecule has 0 saturated carbocycles. The topological polar surface area (TPSA) is 101 Å². The van der Waals surface area contributed by atoms with E-state index in [0.29, 0.717) is 19.4 Å². The van der Waals surface area contributed by atoms with Gasteiger partial charge in [-0.1, -0.05) is 0 Å². The third-order valence-corrected chi connectivity index (χ3v) is 3.05. The van der Waals surface area contributed by atoms with Crippen molar-refractivity contribution >= 4 is 12.0 Å². The van der Waals surface area contributed by atoms with Crippen LogP contribution in [0, 0.1) is 5.92 Å². The van der Waals surface area contributed by atoms with Gasteiger partial charge in [0, 0.05) is 26.2 Å². The largest absolute Gasteiger partial charge is 0.481 e. The van der Waals surface area contributed by atoms with Gasteiger partial charge < -0.3 is 25.1 Å². The zero-order valence-corrected chi connectivity index (χ0v) is 10.3. The lowest BCUT2D eigenvalue weighted by atomic mass is 9.99. The van der Waals surface area contributed by atoms with E-state index >= 15 is 0 Å². The van der Waals surface area contributed by atoms with Gasteiger partial charge in [0.1, 0.15) is 0 Å². The number of aliphatic carboxylic acids is 1. The lowest BCUT2D eigenvalue weighted by Crippen LogP contribution is -2.50. The molecule has 0 aromatic rings. The second-order valence-electron chi connectivity index (χ2n) is 4.34. The Labute approximate surface area is 106 Å². The molecule has 0 aliphatic carbocycles. The van der Waals surface area contributed by atoms with Crippen molar-refractivity contribution in [2.24, 2.45) is 5.92 Å². The summed E-state index contributed by atoms with van der Waals surface area (Å²) in [5, 5.41) is 26.7. The number of carbonyl (C=O) groups is 2. The average Bonchev–Trinajstić information content (AvgIpc) is 2.38. The molecule has 18 heavy (non-hydrogen) atoms. The van der Waals surface area contributed by atoms with Crippen molar-refractivity contribution in [1.29, 1.82) is 0 Å². The number of nitrogens with zero attached hydrogens (tertiary/aromatic N) is 2. The van der Waals surface area contributed by atoms with Crippen LogP contribution in [0.15, 0.2) is 0 Å². The van der Waals surface area contributed by atoms with Gasteiger partial charge in [0.2, 0.25) is 0 Å². The molecular weight excluding hydrogens is 240 g/mol. The van der Waals surface area contributed by atoms with E-state index in [1.165, 1.54) is 9.80 Å². The molecule has 2 amide bonds. The highest BCUT2D eigenvalue weighted by Gasteiger charge is 2.30. The lowest BCUT2D eigenvalue weighted by molar-refractivity contribution is -0.143. The summed E-state index contributed by atoms with van der Waals surface area (Å²) in [6.07, 6.45) is 1.24. The Morgan fingerprint density at radius 1 is 1.22 bits per heavy atom. The quantitative estimate of drug-likeness (QED) is 0.600. The molecule has 7 heteroatoms. The molecule has 104 valence electrons. The minimum atomic E-state index is -0.886. The van der Waals surface area contributed by atoms with E-state index in [0.717, 1.165) is 0 Å². The third kappa shape index (κ3) is 3.85. The highest BCUT2D eigenvalue weighted by molar-refractivity contribution is 5.76. The van der Waals surface area contributed by atoms with Crippen molar-refractivity contribution in [3.63, 3.8) is 0 Å². The van der Waals surface area contributed by atoms with Crippen molar-refractivity contribution in [2.75, 3.05) is 39.4 Å². The molecule has 7 nitrogen and oxygen atoms in total. The van der Waals surface area contributed by atoms with Crippen molar-refractivity contribution in [1.82, 2.24) is 9.80 Å². The molecule has 0 unspecified atom stereocenters. The molecule has 3 N–H and O–H groups in total. The Balaban J connectivity index is 2.60. The fourth-order valence-corrected chi connectivity index (χ4v) is 2.10. The van der Waals surface area contributed by atoms with Crippen molar-refractivity contribution in [3.8, 4) is 0 Å². The fraction of sp³-hybridized carbons (Fsp3) is 0.818. The number of piperidine rings is 1. The van der Waals surface area contributed by atoms with Crippen LogP contribution in [-0.4, -0.2) is 76.5 Å². The van der Waals surface area contributed by atoms with Gasteiger partial charge in [0.05, 0.1) is 19.1 Å². The van der Waals surface area contributed by atoms with Gasteiger partial charge in [-0.15, -0.1) is 0 Å². The molecule has 0 aromatic heterocycles. The summed E-state index contributed by atoms with van der Waals surface area (Å²) in [5.41, 5.74) is 0. The fourth-order valence-electron chi connectivity index (χ4n) is 2.10. The number of aliphatic hydroxyl groups is 2. The van der Waals surface area contributed by atoms with Crippen molar-refractivity contribution in [3.05, 3.63) is 0 Å². The molecule has 1 saturated heterocycles. The Kier molecular flexibility index (Phi) is 5.87. The summed E-state index contributed by atoms with van der Waals surface area (Å²) in [6.45, 7) is 0.655. The molecule has 0 radical (unpaired) electrons. The number of carboxylic acid groups (broad SMARTS) is 1. The van der Waals surface area contributed by atoms with Gasteiger partial charge >= 0.3 is 12.0 Å². The van der Waals surface area contributed by atoms with E-state index in [1.807, 2.05) is 0 Å². The van der Waals surface area contributed by atoms with E-state index in [9.17, 15) is 9.59 Å². The zero-order valence-electron chi connectivity index (χ0n) is 10.3. The SMILES string of the molecule is O=C(O)[C@H]1CCCN(C(=O)N(CCO)CCO)C1. The molecule has 1 aliphatic rings. The van der Waals surface area contributed by atoms with Crippen LogP contribution in [0.4, 0.5) is 4.79 Å². The maximum Gasteiger partial charge on any atom is 0.320 e. The van der Waals surface area contributed by atoms with Gasteiger partial charge in [-0.3, -0.25) is 4.79 Å². The first-order chi connectivity index (χ1) is 8.60. The number of carbonyl (C=O) groups excluding carboxylic acids is 1. The molecule has 0 aromatic carbocycles. The van der Waals surface area contributed by atoms with Crippen LogP contribution in [-0.2, 0) is 4.79 Å². The molecule has 1 aliphatic heterocycles. The van der Waals surface area contributed by atoms with Gasteiger partial charge in [-0.05, 0) is 12.8 Å². The number of hydrogen-bond donors (Lipinski definition) is 3. The van der Waals surface area contributed by atoms with E-state index in [-0.39, 0.29) is 38.9 Å². The Bertz CT molecular complexity index is 291. The smallest absolute Gasteiger partial charge is 0.320 e. The molecule has 1 atom stereocenters. The Morgan fingerprint density at radius 3 is 2.33 bits per heavy atom. The lowest BCUT2D eigenvalue weighted by Gasteiger charge is -2.34. The Hall–Kier alpha value is -1.34. The van der Waals surface area contributed by atoms with Gasteiger partial charge in [-0.2, -0.15) is 0 Å². The van der Waals surface area contributed by atoms with E-state index in [1.54, 1.807) is 0 Å². The van der Waals surface area contributed by atoms with Crippen LogP contribution in [0.3, 0.4) is 0 Å². The number of carboxylic acids is 1. The standard InChI is InChI=1S/C11H20N2O5/c14-6-4-12(5-7-15)11(18)13-3-1-2-9(8-13)10(16)17/h9,14-15H,1-8H2,(H,16,17)/t9-/m0/s1. The predicted molar refractivity (Wildman–Crippen MR) is 63.1 cm³/mol. The maximum atomic E-state index is 12.1. The summed E-state index contributed by atoms with van der Waals surface area (Å²) in [4.78, 5) is 25.8. The van der Waals surface area contributed by atoms with Crippen LogP contribution in [0.5, 0.6) is 0 Å². The van der Waals surface area contributed by atoms with Gasteiger partial charge in [-0.25, -0.2) is 4.79 Å². The number of urea groups is 1. The minimum absolute atomic E-state index is 0.146. The number of amides is 2. The molecule has 0 bridgehead atoms. The highest BCUT2D eigenvalue weighted by atomic mass is 16.4. The summed E-state index contributed by atoms with van der Waals surface area (Å²) in [7, 11) is 0. The summed E-state index contributed by atoms with van der Waals surface area (Å²) >= 11 is 0. The van der Waals surface area contributed by atoms with Crippen LogP contribution >= 0.6 is 0 Å². The Morgan fingerprint density at radius 2 is 1.83 bits per heavy atom. The minimum Gasteiger partial charge on any atom is -0.481 e. The highest BCUT2D eigenvalue weighted by Crippen LogP contribution is 2.17. The van der Waals surface area contributed by atoms with Gasteiger partial charge in [0.15, 0.2) is 0 Å². The summed E-state index contributed by atoms with van der Waals surface area (Å²) in [6, 6.07) is -0.316. The predicted octanol–water partition coefficient (Wildman–Crippen LogP) is -0.810. The summed E-state index contributed by atoms with van der Waals surface area (Å²) in [5.74, 6) is -1.41. The molecular formula is C11H20N2O5. The number of rotatable bonds is 5. The molecule has 0 spiro atoms. The first-order valence-corrected chi connectivity index (χ1v) is 6.08. The van der Waals surface area contributed by atoms with Crippen molar-refractivity contribution < 1.29 is 24.9 Å². The van der Waals surface area contributed by atoms with Crippen LogP contribution in [0.25, 0.3) is 0 Å². The zero-order chi connectivity index (χ0) is 13.5. The van der Waals surface area contributed by atoms with E-state index in [4.69, 9.17) is 15.3 Å². The first kappa shape index (κ1) is 14.7. The number of hydrogen-bond acceptors (Lipinski definition) is 4. The van der Waals surface area contributed by atoms with Crippen LogP contribution in [0.2, 0.25) is 0 Å². The number of aliphatic hydroxyl groups excluding tert-OH is 2. The monoisotopic (exact) mass is 260 g/mol. The first-order valence-electron chi connectivity index (χ1n) is 6.08. The molecule has 1 rings (SSSR count). The van der Waals surface area contributed by atoms with Crippen molar-refractivity contribution in [2.45, 2.75) is 12.8 Å². The van der Waals surface area contributed by atoms with E-state index in [2.05, 4.69) is 0 Å². The number of likely N-dealkylation sites (tertiary alicyclic amines) is 1. The second-order valence-corrected chi connectivity index (χ2v) is 4.34. The van der Waals surface area contributed by atoms with Gasteiger partial charge in [0.25, 0.3) is 0 Å². The maximum absolute atomic E-state index is 12.1. The molecule has 1 heterocycles. The van der Waals surface area contributed by atoms with Crippen LogP contribution < -0.4 is 0 Å². The normalized spacial score (nSPS) is 19.7. The molecule has 1 fully saturated rings. The summed E-state index contributed by atoms with van der Waals surface area (Å²) < 4.78 is 0. The average molecular weight is 260 g/mol. The third-order valence-electron chi connectivity index (χ3n) is 3.05.